The molecule has 94 valence electrons. The van der Waals surface area contributed by atoms with Crippen molar-refractivity contribution in [2.24, 2.45) is 0 Å². The molecule has 0 fully saturated rings. The van der Waals surface area contributed by atoms with Gasteiger partial charge in [0.15, 0.2) is 0 Å². The number of ether oxygens (including phenoxy) is 2. The smallest absolute Gasteiger partial charge is 0.309 e. The third kappa shape index (κ3) is 7.68. The third-order valence-corrected chi connectivity index (χ3v) is 2.41. The van der Waals surface area contributed by atoms with Crippen LogP contribution in [0.3, 0.4) is 0 Å². The summed E-state index contributed by atoms with van der Waals surface area (Å²) in [6.45, 7) is 5.46. The molecule has 0 radical (unpaired) electrons. The van der Waals surface area contributed by atoms with Gasteiger partial charge in [-0.2, -0.15) is 0 Å². The van der Waals surface area contributed by atoms with Gasteiger partial charge in [0, 0.05) is 11.8 Å². The van der Waals surface area contributed by atoms with Crippen LogP contribution in [0.4, 0.5) is 0 Å². The van der Waals surface area contributed by atoms with Crippen LogP contribution in [0.15, 0.2) is 0 Å². The summed E-state index contributed by atoms with van der Waals surface area (Å²) in [5.41, 5.74) is 0. The summed E-state index contributed by atoms with van der Waals surface area (Å²) in [6.07, 6.45) is 0.631. The molecule has 0 saturated heterocycles. The average molecular weight is 295 g/mol. The van der Waals surface area contributed by atoms with Crippen molar-refractivity contribution in [2.45, 2.75) is 52.2 Å². The van der Waals surface area contributed by atoms with Crippen LogP contribution < -0.4 is 0 Å². The molecule has 0 aromatic carbocycles. The molecule has 0 aliphatic carbocycles. The lowest BCUT2D eigenvalue weighted by Crippen LogP contribution is -2.25. The Hall–Kier alpha value is -0.580. The van der Waals surface area contributed by atoms with Crippen molar-refractivity contribution in [2.75, 3.05) is 5.33 Å². The second-order valence-corrected chi connectivity index (χ2v) is 4.41. The van der Waals surface area contributed by atoms with Crippen LogP contribution in [0.1, 0.15) is 40.0 Å². The number of alkyl halides is 1. The predicted octanol–water partition coefficient (Wildman–Crippen LogP) is 2.43. The van der Waals surface area contributed by atoms with E-state index in [-0.39, 0.29) is 24.5 Å². The zero-order chi connectivity index (χ0) is 12.6. The van der Waals surface area contributed by atoms with Gasteiger partial charge in [-0.3, -0.25) is 9.59 Å². The van der Waals surface area contributed by atoms with Crippen LogP contribution in [-0.4, -0.2) is 29.5 Å². The van der Waals surface area contributed by atoms with E-state index >= 15 is 0 Å². The fourth-order valence-corrected chi connectivity index (χ4v) is 1.43. The van der Waals surface area contributed by atoms with Crippen LogP contribution in [0, 0.1) is 0 Å². The van der Waals surface area contributed by atoms with Gasteiger partial charge in [0.25, 0.3) is 0 Å². The molecule has 0 bridgehead atoms. The van der Waals surface area contributed by atoms with Crippen LogP contribution in [0.5, 0.6) is 0 Å². The standard InChI is InChI=1S/C11H19BrO4/c1-4-5-10(13)16-9(7-12)6-11(14)15-8(2)3/h8-9H,4-7H2,1-3H3. The Bertz CT molecular complexity index is 228. The minimum atomic E-state index is -0.440. The van der Waals surface area contributed by atoms with Gasteiger partial charge in [-0.25, -0.2) is 0 Å². The highest BCUT2D eigenvalue weighted by Gasteiger charge is 2.18. The topological polar surface area (TPSA) is 52.6 Å². The van der Waals surface area contributed by atoms with Crippen molar-refractivity contribution >= 4 is 27.9 Å². The molecule has 0 heterocycles. The van der Waals surface area contributed by atoms with E-state index in [4.69, 9.17) is 9.47 Å². The van der Waals surface area contributed by atoms with Crippen molar-refractivity contribution in [3.8, 4) is 0 Å². The van der Waals surface area contributed by atoms with E-state index < -0.39 is 6.10 Å². The number of carbonyl (C=O) groups is 2. The molecule has 0 aromatic heterocycles. The maximum atomic E-state index is 11.3. The van der Waals surface area contributed by atoms with E-state index in [1.165, 1.54) is 0 Å². The molecule has 0 spiro atoms. The zero-order valence-corrected chi connectivity index (χ0v) is 11.6. The van der Waals surface area contributed by atoms with Crippen molar-refractivity contribution in [1.29, 1.82) is 0 Å². The summed E-state index contributed by atoms with van der Waals surface area (Å²) >= 11 is 3.21. The molecule has 5 heteroatoms. The zero-order valence-electron chi connectivity index (χ0n) is 9.99. The maximum absolute atomic E-state index is 11.3. The SMILES string of the molecule is CCCC(=O)OC(CBr)CC(=O)OC(C)C. The lowest BCUT2D eigenvalue weighted by Gasteiger charge is -2.15. The summed E-state index contributed by atoms with van der Waals surface area (Å²) in [5.74, 6) is -0.618. The van der Waals surface area contributed by atoms with Crippen LogP contribution in [-0.2, 0) is 19.1 Å². The molecule has 0 rings (SSSR count). The first-order valence-electron chi connectivity index (χ1n) is 5.44. The highest BCUT2D eigenvalue weighted by atomic mass is 79.9. The van der Waals surface area contributed by atoms with E-state index in [1.807, 2.05) is 6.92 Å². The highest BCUT2D eigenvalue weighted by Crippen LogP contribution is 2.07. The molecule has 1 unspecified atom stereocenters. The number of esters is 2. The fourth-order valence-electron chi connectivity index (χ4n) is 1.07. The van der Waals surface area contributed by atoms with Gasteiger partial charge in [-0.15, -0.1) is 0 Å². The maximum Gasteiger partial charge on any atom is 0.309 e. The van der Waals surface area contributed by atoms with E-state index in [2.05, 4.69) is 15.9 Å². The number of halogens is 1. The predicted molar refractivity (Wildman–Crippen MR) is 64.4 cm³/mol. The second-order valence-electron chi connectivity index (χ2n) is 3.76. The first-order valence-corrected chi connectivity index (χ1v) is 6.56. The molecular formula is C11H19BrO4. The van der Waals surface area contributed by atoms with Gasteiger partial charge in [-0.1, -0.05) is 22.9 Å². The Kier molecular flexibility index (Phi) is 8.25. The lowest BCUT2D eigenvalue weighted by atomic mass is 10.3. The van der Waals surface area contributed by atoms with Crippen LogP contribution in [0.25, 0.3) is 0 Å². The Morgan fingerprint density at radius 2 is 1.81 bits per heavy atom. The largest absolute Gasteiger partial charge is 0.463 e. The summed E-state index contributed by atoms with van der Waals surface area (Å²) in [5, 5.41) is 0.440. The Balaban J connectivity index is 3.99. The van der Waals surface area contributed by atoms with E-state index in [0.717, 1.165) is 6.42 Å². The number of hydrogen-bond donors (Lipinski definition) is 0. The molecule has 4 nitrogen and oxygen atoms in total. The molecule has 1 atom stereocenters. The first-order chi connectivity index (χ1) is 7.49. The molecule has 0 aliphatic rings. The van der Waals surface area contributed by atoms with E-state index in [1.54, 1.807) is 13.8 Å². The second kappa shape index (κ2) is 8.56. The van der Waals surface area contributed by atoms with Gasteiger partial charge in [0.1, 0.15) is 6.10 Å². The summed E-state index contributed by atoms with van der Waals surface area (Å²) in [4.78, 5) is 22.5. The van der Waals surface area contributed by atoms with Crippen molar-refractivity contribution in [1.82, 2.24) is 0 Å². The summed E-state index contributed by atoms with van der Waals surface area (Å²) in [6, 6.07) is 0. The fraction of sp³-hybridized carbons (Fsp3) is 0.818. The van der Waals surface area contributed by atoms with Gasteiger partial charge < -0.3 is 9.47 Å². The molecule has 0 aliphatic heterocycles. The number of rotatable bonds is 7. The van der Waals surface area contributed by atoms with Crippen LogP contribution in [0.2, 0.25) is 0 Å². The molecule has 0 aromatic rings. The third-order valence-electron chi connectivity index (χ3n) is 1.69. The molecular weight excluding hydrogens is 276 g/mol. The Labute approximate surface area is 105 Å². The first kappa shape index (κ1) is 15.4. The van der Waals surface area contributed by atoms with Crippen molar-refractivity contribution < 1.29 is 19.1 Å². The number of carbonyl (C=O) groups excluding carboxylic acids is 2. The Morgan fingerprint density at radius 3 is 2.25 bits per heavy atom. The molecule has 0 amide bonds. The summed E-state index contributed by atoms with van der Waals surface area (Å²) in [7, 11) is 0. The normalized spacial score (nSPS) is 12.3. The lowest BCUT2D eigenvalue weighted by molar-refractivity contribution is -0.155. The van der Waals surface area contributed by atoms with E-state index in [9.17, 15) is 9.59 Å². The minimum Gasteiger partial charge on any atom is -0.463 e. The van der Waals surface area contributed by atoms with Gasteiger partial charge >= 0.3 is 11.9 Å². The number of hydrogen-bond acceptors (Lipinski definition) is 4. The quantitative estimate of drug-likeness (QED) is 0.535. The highest BCUT2D eigenvalue weighted by molar-refractivity contribution is 9.09. The van der Waals surface area contributed by atoms with Gasteiger partial charge in [0.05, 0.1) is 12.5 Å². The average Bonchev–Trinajstić information content (AvgIpc) is 2.15. The van der Waals surface area contributed by atoms with E-state index in [0.29, 0.717) is 11.8 Å². The molecule has 0 N–H and O–H groups in total. The minimum absolute atomic E-state index is 0.0961. The summed E-state index contributed by atoms with van der Waals surface area (Å²) < 4.78 is 10.1. The Morgan fingerprint density at radius 1 is 1.19 bits per heavy atom. The molecule has 0 saturated carbocycles. The monoisotopic (exact) mass is 294 g/mol. The molecule has 16 heavy (non-hydrogen) atoms. The van der Waals surface area contributed by atoms with Crippen molar-refractivity contribution in [3.63, 3.8) is 0 Å². The van der Waals surface area contributed by atoms with Gasteiger partial charge in [-0.05, 0) is 20.3 Å². The van der Waals surface area contributed by atoms with Crippen LogP contribution >= 0.6 is 15.9 Å². The van der Waals surface area contributed by atoms with Gasteiger partial charge in [0.2, 0.25) is 0 Å². The van der Waals surface area contributed by atoms with Crippen molar-refractivity contribution in [3.05, 3.63) is 0 Å².